The molecular formula is C20H21N3O. The maximum absolute atomic E-state index is 5.26. The van der Waals surface area contributed by atoms with Gasteiger partial charge in [-0.3, -0.25) is 4.68 Å². The van der Waals surface area contributed by atoms with Crippen molar-refractivity contribution in [3.63, 3.8) is 0 Å². The van der Waals surface area contributed by atoms with Gasteiger partial charge in [0.15, 0.2) is 0 Å². The molecule has 1 aromatic heterocycles. The van der Waals surface area contributed by atoms with Gasteiger partial charge in [0.1, 0.15) is 5.75 Å². The number of benzene rings is 2. The fraction of sp³-hybridized carbons (Fsp3) is 0.250. The molecular weight excluding hydrogens is 298 g/mol. The molecule has 4 heteroatoms. The molecule has 4 nitrogen and oxygen atoms in total. The lowest BCUT2D eigenvalue weighted by Crippen LogP contribution is -2.25. The highest BCUT2D eigenvalue weighted by atomic mass is 16.5. The van der Waals surface area contributed by atoms with Crippen LogP contribution in [0.1, 0.15) is 16.8 Å². The summed E-state index contributed by atoms with van der Waals surface area (Å²) in [5, 5.41) is 8.42. The average molecular weight is 319 g/mol. The Balaban J connectivity index is 1.74. The third-order valence-corrected chi connectivity index (χ3v) is 4.55. The van der Waals surface area contributed by atoms with Crippen molar-refractivity contribution >= 4 is 0 Å². The van der Waals surface area contributed by atoms with Gasteiger partial charge in [0, 0.05) is 36.3 Å². The van der Waals surface area contributed by atoms with E-state index in [4.69, 9.17) is 9.84 Å². The zero-order chi connectivity index (χ0) is 16.4. The smallest absolute Gasteiger partial charge is 0.118 e. The highest BCUT2D eigenvalue weighted by Crippen LogP contribution is 2.29. The van der Waals surface area contributed by atoms with Gasteiger partial charge in [-0.05, 0) is 29.8 Å². The molecule has 0 spiro atoms. The van der Waals surface area contributed by atoms with Gasteiger partial charge in [-0.2, -0.15) is 5.10 Å². The molecule has 2 aromatic carbocycles. The second kappa shape index (κ2) is 6.49. The summed E-state index contributed by atoms with van der Waals surface area (Å²) < 4.78 is 7.44. The van der Waals surface area contributed by atoms with Crippen LogP contribution in [0.4, 0.5) is 0 Å². The van der Waals surface area contributed by atoms with Crippen molar-refractivity contribution in [2.75, 3.05) is 13.7 Å². The first-order valence-corrected chi connectivity index (χ1v) is 8.33. The third-order valence-electron chi connectivity index (χ3n) is 4.55. The molecule has 1 N–H and O–H groups in total. The van der Waals surface area contributed by atoms with Gasteiger partial charge in [0.25, 0.3) is 0 Å². The molecule has 2 heterocycles. The molecule has 0 saturated carbocycles. The summed E-state index contributed by atoms with van der Waals surface area (Å²) >= 11 is 0. The second-order valence-electron chi connectivity index (χ2n) is 6.07. The van der Waals surface area contributed by atoms with E-state index in [0.29, 0.717) is 0 Å². The van der Waals surface area contributed by atoms with Gasteiger partial charge in [-0.25, -0.2) is 0 Å². The van der Waals surface area contributed by atoms with Crippen molar-refractivity contribution in [3.8, 4) is 17.0 Å². The number of methoxy groups -OCH3 is 1. The third kappa shape index (κ3) is 2.81. The van der Waals surface area contributed by atoms with Crippen molar-refractivity contribution in [2.45, 2.75) is 19.5 Å². The number of nitrogens with zero attached hydrogens (tertiary/aromatic N) is 2. The van der Waals surface area contributed by atoms with E-state index < -0.39 is 0 Å². The maximum Gasteiger partial charge on any atom is 0.118 e. The Morgan fingerprint density at radius 1 is 1.08 bits per heavy atom. The summed E-state index contributed by atoms with van der Waals surface area (Å²) in [6.07, 6.45) is 1.02. The van der Waals surface area contributed by atoms with Crippen molar-refractivity contribution in [1.82, 2.24) is 15.1 Å². The van der Waals surface area contributed by atoms with E-state index in [9.17, 15) is 0 Å². The first-order valence-electron chi connectivity index (χ1n) is 8.33. The van der Waals surface area contributed by atoms with Crippen molar-refractivity contribution in [2.24, 2.45) is 0 Å². The number of fused-ring (bicyclic) bond motifs is 1. The summed E-state index contributed by atoms with van der Waals surface area (Å²) in [6.45, 7) is 2.71. The number of hydrogen-bond acceptors (Lipinski definition) is 3. The summed E-state index contributed by atoms with van der Waals surface area (Å²) in [6, 6.07) is 18.7. The molecule has 0 bridgehead atoms. The minimum atomic E-state index is 0.819. The molecule has 0 fully saturated rings. The van der Waals surface area contributed by atoms with Crippen molar-refractivity contribution in [3.05, 3.63) is 71.4 Å². The first-order chi connectivity index (χ1) is 11.8. The van der Waals surface area contributed by atoms with Crippen LogP contribution in [0.15, 0.2) is 54.6 Å². The predicted molar refractivity (Wildman–Crippen MR) is 95.2 cm³/mol. The Kier molecular flexibility index (Phi) is 4.05. The SMILES string of the molecule is COc1ccc(-c2nn(Cc3ccccc3)c3c2CNCC3)cc1. The number of hydrogen-bond donors (Lipinski definition) is 1. The molecule has 122 valence electrons. The Morgan fingerprint density at radius 3 is 2.62 bits per heavy atom. The van der Waals surface area contributed by atoms with Crippen LogP contribution in [0.3, 0.4) is 0 Å². The molecule has 24 heavy (non-hydrogen) atoms. The molecule has 0 atom stereocenters. The summed E-state index contributed by atoms with van der Waals surface area (Å²) in [5.74, 6) is 0.870. The topological polar surface area (TPSA) is 39.1 Å². The highest BCUT2D eigenvalue weighted by Gasteiger charge is 2.21. The van der Waals surface area contributed by atoms with Crippen LogP contribution in [0.2, 0.25) is 0 Å². The van der Waals surface area contributed by atoms with E-state index in [1.807, 2.05) is 12.1 Å². The minimum absolute atomic E-state index is 0.819. The maximum atomic E-state index is 5.26. The van der Waals surface area contributed by atoms with Crippen LogP contribution < -0.4 is 10.1 Å². The summed E-state index contributed by atoms with van der Waals surface area (Å²) in [5.41, 5.74) is 6.17. The fourth-order valence-corrected chi connectivity index (χ4v) is 3.29. The van der Waals surface area contributed by atoms with Gasteiger partial charge in [-0.15, -0.1) is 0 Å². The van der Waals surface area contributed by atoms with Crippen LogP contribution >= 0.6 is 0 Å². The fourth-order valence-electron chi connectivity index (χ4n) is 3.29. The van der Waals surface area contributed by atoms with Crippen LogP contribution in [-0.2, 0) is 19.5 Å². The van der Waals surface area contributed by atoms with E-state index in [0.717, 1.165) is 43.1 Å². The van der Waals surface area contributed by atoms with E-state index in [2.05, 4.69) is 52.5 Å². The molecule has 3 aromatic rings. The molecule has 4 rings (SSSR count). The largest absolute Gasteiger partial charge is 0.497 e. The van der Waals surface area contributed by atoms with Crippen molar-refractivity contribution in [1.29, 1.82) is 0 Å². The summed E-state index contributed by atoms with van der Waals surface area (Å²) in [7, 11) is 1.69. The Morgan fingerprint density at radius 2 is 1.88 bits per heavy atom. The van der Waals surface area contributed by atoms with Gasteiger partial charge >= 0.3 is 0 Å². The normalized spacial score (nSPS) is 13.5. The zero-order valence-corrected chi connectivity index (χ0v) is 13.8. The standard InChI is InChI=1S/C20H21N3O/c1-24-17-9-7-16(8-10-17)20-18-13-21-12-11-19(18)23(22-20)14-15-5-3-2-4-6-15/h2-10,21H,11-14H2,1H3. The van der Waals surface area contributed by atoms with Gasteiger partial charge in [0.05, 0.1) is 19.3 Å². The van der Waals surface area contributed by atoms with Crippen LogP contribution in [0, 0.1) is 0 Å². The van der Waals surface area contributed by atoms with Gasteiger partial charge in [0.2, 0.25) is 0 Å². The number of ether oxygens (including phenoxy) is 1. The highest BCUT2D eigenvalue weighted by molar-refractivity contribution is 5.65. The van der Waals surface area contributed by atoms with Crippen molar-refractivity contribution < 1.29 is 4.74 Å². The molecule has 0 aliphatic carbocycles. The van der Waals surface area contributed by atoms with Crippen LogP contribution in [-0.4, -0.2) is 23.4 Å². The molecule has 0 unspecified atom stereocenters. The van der Waals surface area contributed by atoms with E-state index >= 15 is 0 Å². The minimum Gasteiger partial charge on any atom is -0.497 e. The number of rotatable bonds is 4. The monoisotopic (exact) mass is 319 g/mol. The Hall–Kier alpha value is -2.59. The number of nitrogens with one attached hydrogen (secondary N) is 1. The first kappa shape index (κ1) is 15.0. The quantitative estimate of drug-likeness (QED) is 0.802. The average Bonchev–Trinajstić information content (AvgIpc) is 3.01. The van der Waals surface area contributed by atoms with E-state index in [1.54, 1.807) is 7.11 Å². The summed E-state index contributed by atoms with van der Waals surface area (Å²) in [4.78, 5) is 0. The van der Waals surface area contributed by atoms with E-state index in [-0.39, 0.29) is 0 Å². The molecule has 0 amide bonds. The predicted octanol–water partition coefficient (Wildman–Crippen LogP) is 3.25. The van der Waals surface area contributed by atoms with Gasteiger partial charge in [-0.1, -0.05) is 30.3 Å². The Bertz CT molecular complexity index is 822. The second-order valence-corrected chi connectivity index (χ2v) is 6.07. The molecule has 0 saturated heterocycles. The van der Waals surface area contributed by atoms with Crippen LogP contribution in [0.5, 0.6) is 5.75 Å². The lowest BCUT2D eigenvalue weighted by atomic mass is 10.0. The molecule has 1 aliphatic heterocycles. The lowest BCUT2D eigenvalue weighted by molar-refractivity contribution is 0.415. The molecule has 1 aliphatic rings. The lowest BCUT2D eigenvalue weighted by Gasteiger charge is -2.15. The number of aromatic nitrogens is 2. The zero-order valence-electron chi connectivity index (χ0n) is 13.8. The van der Waals surface area contributed by atoms with E-state index in [1.165, 1.54) is 16.8 Å². The van der Waals surface area contributed by atoms with Crippen LogP contribution in [0.25, 0.3) is 11.3 Å². The van der Waals surface area contributed by atoms with Gasteiger partial charge < -0.3 is 10.1 Å². The Labute approximate surface area is 142 Å². The molecule has 0 radical (unpaired) electrons.